The predicted octanol–water partition coefficient (Wildman–Crippen LogP) is 2.97. The molecule has 2 aromatic heterocycles. The number of pyridine rings is 1. The van der Waals surface area contributed by atoms with Gasteiger partial charge in [0.25, 0.3) is 0 Å². The molecule has 1 atom stereocenters. The first-order valence-electron chi connectivity index (χ1n) is 7.68. The van der Waals surface area contributed by atoms with E-state index in [4.69, 9.17) is 4.42 Å². The SMILES string of the molecule is CC(C)CCN1CCC(c2nnc(-c3cccnc3)o2)C1. The second kappa shape index (κ2) is 6.35. The predicted molar refractivity (Wildman–Crippen MR) is 80.8 cm³/mol. The summed E-state index contributed by atoms with van der Waals surface area (Å²) < 4.78 is 5.84. The zero-order chi connectivity index (χ0) is 14.7. The molecule has 2 aromatic rings. The highest BCUT2D eigenvalue weighted by Crippen LogP contribution is 2.28. The van der Waals surface area contributed by atoms with Gasteiger partial charge in [-0.15, -0.1) is 10.2 Å². The van der Waals surface area contributed by atoms with Crippen LogP contribution in [-0.2, 0) is 0 Å². The van der Waals surface area contributed by atoms with Crippen LogP contribution in [0, 0.1) is 5.92 Å². The summed E-state index contributed by atoms with van der Waals surface area (Å²) >= 11 is 0. The minimum atomic E-state index is 0.370. The van der Waals surface area contributed by atoms with E-state index in [0.717, 1.165) is 43.4 Å². The van der Waals surface area contributed by atoms with E-state index in [1.54, 1.807) is 12.4 Å². The highest BCUT2D eigenvalue weighted by Gasteiger charge is 2.28. The fourth-order valence-corrected chi connectivity index (χ4v) is 2.68. The lowest BCUT2D eigenvalue weighted by Crippen LogP contribution is -2.22. The van der Waals surface area contributed by atoms with Crippen molar-refractivity contribution in [3.8, 4) is 11.5 Å². The maximum atomic E-state index is 5.84. The average molecular weight is 286 g/mol. The van der Waals surface area contributed by atoms with Gasteiger partial charge in [0.05, 0.1) is 11.5 Å². The molecule has 0 amide bonds. The third kappa shape index (κ3) is 3.47. The molecule has 1 aliphatic heterocycles. The van der Waals surface area contributed by atoms with Crippen molar-refractivity contribution < 1.29 is 4.42 Å². The molecular formula is C16H22N4O. The van der Waals surface area contributed by atoms with Crippen LogP contribution in [0.15, 0.2) is 28.9 Å². The lowest BCUT2D eigenvalue weighted by Gasteiger charge is -2.16. The van der Waals surface area contributed by atoms with Gasteiger partial charge in [0.15, 0.2) is 0 Å². The van der Waals surface area contributed by atoms with Crippen LogP contribution in [0.2, 0.25) is 0 Å². The molecule has 5 heteroatoms. The van der Waals surface area contributed by atoms with Crippen LogP contribution in [-0.4, -0.2) is 39.7 Å². The molecule has 3 rings (SSSR count). The second-order valence-electron chi connectivity index (χ2n) is 6.16. The van der Waals surface area contributed by atoms with E-state index < -0.39 is 0 Å². The van der Waals surface area contributed by atoms with Gasteiger partial charge in [0.1, 0.15) is 0 Å². The molecule has 1 saturated heterocycles. The van der Waals surface area contributed by atoms with Crippen LogP contribution < -0.4 is 0 Å². The van der Waals surface area contributed by atoms with Crippen molar-refractivity contribution in [1.29, 1.82) is 0 Å². The summed E-state index contributed by atoms with van der Waals surface area (Å²) in [7, 11) is 0. The molecule has 0 aromatic carbocycles. The number of aromatic nitrogens is 3. The molecule has 0 spiro atoms. The highest BCUT2D eigenvalue weighted by atomic mass is 16.4. The quantitative estimate of drug-likeness (QED) is 0.845. The fraction of sp³-hybridized carbons (Fsp3) is 0.562. The Morgan fingerprint density at radius 2 is 2.29 bits per heavy atom. The Morgan fingerprint density at radius 3 is 3.05 bits per heavy atom. The first kappa shape index (κ1) is 14.2. The van der Waals surface area contributed by atoms with Gasteiger partial charge in [-0.05, 0) is 44.0 Å². The molecule has 1 unspecified atom stereocenters. The number of hydrogen-bond acceptors (Lipinski definition) is 5. The molecule has 112 valence electrons. The molecule has 1 fully saturated rings. The Labute approximate surface area is 125 Å². The topological polar surface area (TPSA) is 55.1 Å². The van der Waals surface area contributed by atoms with Crippen molar-refractivity contribution in [3.63, 3.8) is 0 Å². The Morgan fingerprint density at radius 1 is 1.38 bits per heavy atom. The van der Waals surface area contributed by atoms with Crippen molar-refractivity contribution in [2.45, 2.75) is 32.6 Å². The van der Waals surface area contributed by atoms with Gasteiger partial charge in [-0.2, -0.15) is 0 Å². The summed E-state index contributed by atoms with van der Waals surface area (Å²) in [5, 5.41) is 8.39. The van der Waals surface area contributed by atoms with Crippen LogP contribution in [0.1, 0.15) is 38.5 Å². The third-order valence-corrected chi connectivity index (χ3v) is 3.99. The van der Waals surface area contributed by atoms with Crippen LogP contribution >= 0.6 is 0 Å². The van der Waals surface area contributed by atoms with Crippen LogP contribution in [0.3, 0.4) is 0 Å². The summed E-state index contributed by atoms with van der Waals surface area (Å²) in [6.07, 6.45) is 5.84. The molecule has 5 nitrogen and oxygen atoms in total. The van der Waals surface area contributed by atoms with Gasteiger partial charge >= 0.3 is 0 Å². The maximum Gasteiger partial charge on any atom is 0.249 e. The van der Waals surface area contributed by atoms with E-state index in [-0.39, 0.29) is 0 Å². The molecule has 21 heavy (non-hydrogen) atoms. The van der Waals surface area contributed by atoms with E-state index in [0.29, 0.717) is 11.8 Å². The van der Waals surface area contributed by atoms with Gasteiger partial charge in [-0.25, -0.2) is 0 Å². The van der Waals surface area contributed by atoms with Gasteiger partial charge in [0.2, 0.25) is 11.8 Å². The number of likely N-dealkylation sites (tertiary alicyclic amines) is 1. The number of hydrogen-bond donors (Lipinski definition) is 0. The van der Waals surface area contributed by atoms with Gasteiger partial charge in [-0.1, -0.05) is 13.8 Å². The minimum absolute atomic E-state index is 0.370. The smallest absolute Gasteiger partial charge is 0.249 e. The molecule has 0 aliphatic carbocycles. The first-order chi connectivity index (χ1) is 10.2. The van der Waals surface area contributed by atoms with Crippen LogP contribution in [0.4, 0.5) is 0 Å². The number of rotatable bonds is 5. The van der Waals surface area contributed by atoms with E-state index >= 15 is 0 Å². The average Bonchev–Trinajstić information content (AvgIpc) is 3.15. The lowest BCUT2D eigenvalue weighted by molar-refractivity contribution is 0.305. The zero-order valence-corrected chi connectivity index (χ0v) is 12.7. The van der Waals surface area contributed by atoms with Gasteiger partial charge < -0.3 is 9.32 Å². The highest BCUT2D eigenvalue weighted by molar-refractivity contribution is 5.49. The minimum Gasteiger partial charge on any atom is -0.420 e. The summed E-state index contributed by atoms with van der Waals surface area (Å²) in [5.41, 5.74) is 0.880. The molecule has 0 saturated carbocycles. The van der Waals surface area contributed by atoms with Crippen LogP contribution in [0.5, 0.6) is 0 Å². The van der Waals surface area contributed by atoms with E-state index in [1.807, 2.05) is 12.1 Å². The van der Waals surface area contributed by atoms with E-state index in [1.165, 1.54) is 6.42 Å². The Hall–Kier alpha value is -1.75. The van der Waals surface area contributed by atoms with Crippen molar-refractivity contribution in [2.24, 2.45) is 5.92 Å². The second-order valence-corrected chi connectivity index (χ2v) is 6.16. The molecule has 1 aliphatic rings. The van der Waals surface area contributed by atoms with Crippen molar-refractivity contribution in [2.75, 3.05) is 19.6 Å². The molecule has 3 heterocycles. The summed E-state index contributed by atoms with van der Waals surface area (Å²) in [6.45, 7) is 7.86. The molecule has 0 bridgehead atoms. The maximum absolute atomic E-state index is 5.84. The number of nitrogens with zero attached hydrogens (tertiary/aromatic N) is 4. The summed E-state index contributed by atoms with van der Waals surface area (Å²) in [5.74, 6) is 2.46. The Bertz CT molecular complexity index is 567. The van der Waals surface area contributed by atoms with Crippen molar-refractivity contribution >= 4 is 0 Å². The summed E-state index contributed by atoms with van der Waals surface area (Å²) in [4.78, 5) is 6.58. The Balaban J connectivity index is 1.62. The van der Waals surface area contributed by atoms with Crippen molar-refractivity contribution in [3.05, 3.63) is 30.4 Å². The first-order valence-corrected chi connectivity index (χ1v) is 7.68. The lowest BCUT2D eigenvalue weighted by atomic mass is 10.1. The normalized spacial score (nSPS) is 19.5. The van der Waals surface area contributed by atoms with E-state index in [2.05, 4.69) is 33.9 Å². The third-order valence-electron chi connectivity index (χ3n) is 3.99. The fourth-order valence-electron chi connectivity index (χ4n) is 2.68. The summed E-state index contributed by atoms with van der Waals surface area (Å²) in [6, 6.07) is 3.82. The monoisotopic (exact) mass is 286 g/mol. The van der Waals surface area contributed by atoms with Crippen molar-refractivity contribution in [1.82, 2.24) is 20.1 Å². The van der Waals surface area contributed by atoms with E-state index in [9.17, 15) is 0 Å². The molecule has 0 radical (unpaired) electrons. The Kier molecular flexibility index (Phi) is 4.29. The molecular weight excluding hydrogens is 264 g/mol. The van der Waals surface area contributed by atoms with Gasteiger partial charge in [-0.3, -0.25) is 4.98 Å². The zero-order valence-electron chi connectivity index (χ0n) is 12.7. The largest absolute Gasteiger partial charge is 0.420 e. The molecule has 0 N–H and O–H groups in total. The standard InChI is InChI=1S/C16H22N4O/c1-12(2)5-8-20-9-6-14(11-20)16-19-18-15(21-16)13-4-3-7-17-10-13/h3-4,7,10,12,14H,5-6,8-9,11H2,1-2H3. The van der Waals surface area contributed by atoms with Gasteiger partial charge in [0, 0.05) is 18.9 Å². The van der Waals surface area contributed by atoms with Crippen LogP contribution in [0.25, 0.3) is 11.5 Å².